The molecule has 1 aromatic carbocycles. The van der Waals surface area contributed by atoms with E-state index in [2.05, 4.69) is 59.2 Å². The molecule has 3 aromatic rings. The molecular weight excluding hydrogens is 494 g/mol. The van der Waals surface area contributed by atoms with Gasteiger partial charge in [0.2, 0.25) is 0 Å². The first-order valence-electron chi connectivity index (χ1n) is 15.8. The van der Waals surface area contributed by atoms with Gasteiger partial charge in [-0.2, -0.15) is 0 Å². The molecule has 2 saturated heterocycles. The van der Waals surface area contributed by atoms with Gasteiger partial charge >= 0.3 is 0 Å². The van der Waals surface area contributed by atoms with Crippen LogP contribution in [0, 0.1) is 5.41 Å². The monoisotopic (exact) mass is 541 g/mol. The average molecular weight is 542 g/mol. The largest absolute Gasteiger partial charge is 0.382 e. The number of rotatable bonds is 6. The molecule has 1 aliphatic carbocycles. The fourth-order valence-electron chi connectivity index (χ4n) is 7.27. The summed E-state index contributed by atoms with van der Waals surface area (Å²) in [5.41, 5.74) is 14.4. The Bertz CT molecular complexity index is 1330. The quantitative estimate of drug-likeness (QED) is 0.371. The third kappa shape index (κ3) is 5.37. The van der Waals surface area contributed by atoms with E-state index >= 15 is 0 Å². The molecule has 0 atom stereocenters. The van der Waals surface area contributed by atoms with Crippen molar-refractivity contribution in [3.63, 3.8) is 0 Å². The third-order valence-corrected chi connectivity index (χ3v) is 10.1. The maximum atomic E-state index is 6.36. The van der Waals surface area contributed by atoms with E-state index in [0.717, 1.165) is 54.1 Å². The molecule has 2 aromatic heterocycles. The van der Waals surface area contributed by atoms with E-state index in [1.54, 1.807) is 0 Å². The zero-order valence-corrected chi connectivity index (χ0v) is 24.8. The molecule has 3 N–H and O–H groups in total. The Hall–Kier alpha value is -2.93. The van der Waals surface area contributed by atoms with E-state index in [4.69, 9.17) is 15.7 Å². The summed E-state index contributed by atoms with van der Waals surface area (Å²) in [6.07, 6.45) is 15.3. The number of hydrogen-bond acceptors (Lipinski definition) is 7. The second-order valence-corrected chi connectivity index (χ2v) is 12.6. The van der Waals surface area contributed by atoms with Gasteiger partial charge in [0, 0.05) is 36.6 Å². The number of pyridine rings is 1. The van der Waals surface area contributed by atoms with Crippen molar-refractivity contribution in [3.05, 3.63) is 35.7 Å². The molecule has 0 amide bonds. The van der Waals surface area contributed by atoms with Crippen LogP contribution in [-0.2, 0) is 12.8 Å². The number of nitrogens with zero attached hydrogens (tertiary/aromatic N) is 5. The molecule has 0 bridgehead atoms. The number of anilines is 3. The second-order valence-electron chi connectivity index (χ2n) is 12.6. The number of nitrogen functional groups attached to an aromatic ring is 1. The SMILES string of the molecule is CCc1cc(-c2cnc(N)c3nc(CC)c(NC4CCCCC4)nc23)ccc1N1CCC2(CCN(C)CC2)CC1. The van der Waals surface area contributed by atoms with Gasteiger partial charge in [-0.05, 0) is 100 Å². The lowest BCUT2D eigenvalue weighted by Gasteiger charge is -2.47. The first-order chi connectivity index (χ1) is 19.5. The Labute approximate surface area is 240 Å². The van der Waals surface area contributed by atoms with Gasteiger partial charge in [0.15, 0.2) is 5.82 Å². The number of likely N-dealkylation sites (tertiary alicyclic amines) is 1. The number of aromatic nitrogens is 3. The van der Waals surface area contributed by atoms with Crippen LogP contribution >= 0.6 is 0 Å². The highest BCUT2D eigenvalue weighted by Gasteiger charge is 2.37. The van der Waals surface area contributed by atoms with Gasteiger partial charge < -0.3 is 20.9 Å². The van der Waals surface area contributed by atoms with Gasteiger partial charge in [0.1, 0.15) is 16.9 Å². The Kier molecular flexibility index (Phi) is 7.84. The minimum absolute atomic E-state index is 0.452. The van der Waals surface area contributed by atoms with Crippen LogP contribution < -0.4 is 16.0 Å². The Morgan fingerprint density at radius 3 is 2.35 bits per heavy atom. The van der Waals surface area contributed by atoms with Gasteiger partial charge in [-0.1, -0.05) is 39.2 Å². The van der Waals surface area contributed by atoms with E-state index in [1.807, 2.05) is 6.20 Å². The minimum atomic E-state index is 0.452. The number of piperidine rings is 2. The summed E-state index contributed by atoms with van der Waals surface area (Å²) < 4.78 is 0. The highest BCUT2D eigenvalue weighted by molar-refractivity contribution is 5.97. The lowest BCUT2D eigenvalue weighted by atomic mass is 9.71. The third-order valence-electron chi connectivity index (χ3n) is 10.1. The fraction of sp³-hybridized carbons (Fsp3) is 0.606. The first-order valence-corrected chi connectivity index (χ1v) is 15.8. The first kappa shape index (κ1) is 27.3. The lowest BCUT2D eigenvalue weighted by molar-refractivity contribution is 0.0944. The van der Waals surface area contributed by atoms with Gasteiger partial charge in [-0.25, -0.2) is 15.0 Å². The maximum absolute atomic E-state index is 6.36. The molecule has 4 heterocycles. The summed E-state index contributed by atoms with van der Waals surface area (Å²) in [5.74, 6) is 1.37. The van der Waals surface area contributed by atoms with Crippen LogP contribution in [0.25, 0.3) is 22.2 Å². The molecule has 6 rings (SSSR count). The molecule has 0 radical (unpaired) electrons. The molecule has 1 spiro atoms. The number of nitrogens with one attached hydrogen (secondary N) is 1. The predicted octanol–water partition coefficient (Wildman–Crippen LogP) is 6.46. The van der Waals surface area contributed by atoms with E-state index in [1.165, 1.54) is 82.1 Å². The molecular formula is C33H47N7. The van der Waals surface area contributed by atoms with E-state index in [0.29, 0.717) is 22.8 Å². The molecule has 3 aliphatic rings. The topological polar surface area (TPSA) is 83.2 Å². The van der Waals surface area contributed by atoms with Crippen molar-refractivity contribution in [2.45, 2.75) is 90.5 Å². The van der Waals surface area contributed by atoms with Crippen molar-refractivity contribution in [2.24, 2.45) is 5.41 Å². The zero-order chi connectivity index (χ0) is 27.7. The van der Waals surface area contributed by atoms with Crippen LogP contribution in [0.3, 0.4) is 0 Å². The molecule has 7 nitrogen and oxygen atoms in total. The summed E-state index contributed by atoms with van der Waals surface area (Å²) in [7, 11) is 2.26. The van der Waals surface area contributed by atoms with E-state index < -0.39 is 0 Å². The van der Waals surface area contributed by atoms with Crippen molar-refractivity contribution in [1.82, 2.24) is 19.9 Å². The molecule has 7 heteroatoms. The van der Waals surface area contributed by atoms with Crippen LogP contribution in [0.4, 0.5) is 17.3 Å². The predicted molar refractivity (Wildman–Crippen MR) is 167 cm³/mol. The Morgan fingerprint density at radius 2 is 1.65 bits per heavy atom. The minimum Gasteiger partial charge on any atom is -0.382 e. The summed E-state index contributed by atoms with van der Waals surface area (Å²) in [6, 6.07) is 7.41. The average Bonchev–Trinajstić information content (AvgIpc) is 2.99. The maximum Gasteiger partial charge on any atom is 0.151 e. The molecule has 3 fully saturated rings. The summed E-state index contributed by atoms with van der Waals surface area (Å²) in [4.78, 5) is 19.9. The van der Waals surface area contributed by atoms with Gasteiger partial charge in [0.25, 0.3) is 0 Å². The van der Waals surface area contributed by atoms with Gasteiger partial charge in [0.05, 0.1) is 5.69 Å². The van der Waals surface area contributed by atoms with Crippen molar-refractivity contribution in [2.75, 3.05) is 49.2 Å². The molecule has 1 saturated carbocycles. The van der Waals surface area contributed by atoms with Crippen molar-refractivity contribution in [1.29, 1.82) is 0 Å². The second kappa shape index (κ2) is 11.5. The number of fused-ring (bicyclic) bond motifs is 1. The fourth-order valence-corrected chi connectivity index (χ4v) is 7.27. The highest BCUT2D eigenvalue weighted by Crippen LogP contribution is 2.43. The highest BCUT2D eigenvalue weighted by atomic mass is 15.1. The standard InChI is InChI=1S/C33H47N7/c1-4-23-21-24(11-12-28(23)40-19-15-33(16-20-40)13-17-39(3)18-14-33)26-22-35-31(34)30-29(26)38-32(27(5-2)37-30)36-25-9-7-6-8-10-25/h11-12,21-22,25H,4-10,13-20H2,1-3H3,(H2,34,35)(H,36,38). The molecule has 40 heavy (non-hydrogen) atoms. The van der Waals surface area contributed by atoms with Crippen molar-refractivity contribution < 1.29 is 0 Å². The van der Waals surface area contributed by atoms with Crippen LogP contribution in [-0.4, -0.2) is 59.1 Å². The van der Waals surface area contributed by atoms with Crippen molar-refractivity contribution >= 4 is 28.4 Å². The summed E-state index contributed by atoms with van der Waals surface area (Å²) in [5, 5.41) is 3.75. The zero-order valence-electron chi connectivity index (χ0n) is 24.8. The van der Waals surface area contributed by atoms with Crippen LogP contribution in [0.2, 0.25) is 0 Å². The summed E-state index contributed by atoms with van der Waals surface area (Å²) in [6.45, 7) is 9.21. The van der Waals surface area contributed by atoms with Gasteiger partial charge in [-0.15, -0.1) is 0 Å². The summed E-state index contributed by atoms with van der Waals surface area (Å²) >= 11 is 0. The van der Waals surface area contributed by atoms with Gasteiger partial charge in [-0.3, -0.25) is 0 Å². The van der Waals surface area contributed by atoms with Crippen LogP contribution in [0.5, 0.6) is 0 Å². The molecule has 0 unspecified atom stereocenters. The number of benzene rings is 1. The Balaban J connectivity index is 1.30. The van der Waals surface area contributed by atoms with Crippen LogP contribution in [0.15, 0.2) is 24.4 Å². The normalized spacial score (nSPS) is 20.3. The number of nitrogens with two attached hydrogens (primary N) is 1. The van der Waals surface area contributed by atoms with Crippen molar-refractivity contribution in [3.8, 4) is 11.1 Å². The van der Waals surface area contributed by atoms with Crippen LogP contribution in [0.1, 0.15) is 82.9 Å². The van der Waals surface area contributed by atoms with E-state index in [9.17, 15) is 0 Å². The molecule has 214 valence electrons. The lowest BCUT2D eigenvalue weighted by Crippen LogP contribution is -2.46. The smallest absolute Gasteiger partial charge is 0.151 e. The number of hydrogen-bond donors (Lipinski definition) is 2. The Morgan fingerprint density at radius 1 is 0.925 bits per heavy atom. The van der Waals surface area contributed by atoms with E-state index in [-0.39, 0.29) is 0 Å². The molecule has 2 aliphatic heterocycles. The number of aryl methyl sites for hydroxylation is 2.